The van der Waals surface area contributed by atoms with Gasteiger partial charge in [-0.25, -0.2) is 0 Å². The molecule has 1 unspecified atom stereocenters. The highest BCUT2D eigenvalue weighted by Crippen LogP contribution is 2.25. The van der Waals surface area contributed by atoms with Crippen molar-refractivity contribution in [2.45, 2.75) is 40.7 Å². The molecule has 0 aromatic heterocycles. The fourth-order valence-corrected chi connectivity index (χ4v) is 3.03. The van der Waals surface area contributed by atoms with Crippen LogP contribution in [0.15, 0.2) is 42.5 Å². The Labute approximate surface area is 145 Å². The second kappa shape index (κ2) is 7.60. The summed E-state index contributed by atoms with van der Waals surface area (Å²) in [4.78, 5) is 0. The van der Waals surface area contributed by atoms with E-state index in [2.05, 4.69) is 87.7 Å². The SMILES string of the molecule is Cc1ccc(NC(=S)NC(c2ccccc2C)C(C)C)c(C)c1. The van der Waals surface area contributed by atoms with Crippen LogP contribution < -0.4 is 10.6 Å². The van der Waals surface area contributed by atoms with Crippen molar-refractivity contribution >= 4 is 23.0 Å². The molecule has 2 nitrogen and oxygen atoms in total. The van der Waals surface area contributed by atoms with Crippen molar-refractivity contribution < 1.29 is 0 Å². The predicted molar refractivity (Wildman–Crippen MR) is 104 cm³/mol. The molecule has 0 bridgehead atoms. The van der Waals surface area contributed by atoms with E-state index in [4.69, 9.17) is 12.2 Å². The number of thiocarbonyl (C=S) groups is 1. The van der Waals surface area contributed by atoms with Crippen LogP contribution in [-0.4, -0.2) is 5.11 Å². The van der Waals surface area contributed by atoms with Gasteiger partial charge in [0.05, 0.1) is 6.04 Å². The van der Waals surface area contributed by atoms with Crippen LogP contribution in [0.25, 0.3) is 0 Å². The topological polar surface area (TPSA) is 24.1 Å². The van der Waals surface area contributed by atoms with Crippen LogP contribution in [0.3, 0.4) is 0 Å². The van der Waals surface area contributed by atoms with Gasteiger partial charge in [-0.05, 0) is 61.7 Å². The van der Waals surface area contributed by atoms with Gasteiger partial charge in [-0.2, -0.15) is 0 Å². The summed E-state index contributed by atoms with van der Waals surface area (Å²) in [6.07, 6.45) is 0. The number of aryl methyl sites for hydroxylation is 3. The van der Waals surface area contributed by atoms with E-state index in [1.165, 1.54) is 22.3 Å². The zero-order valence-electron chi connectivity index (χ0n) is 14.6. The third kappa shape index (κ3) is 4.55. The van der Waals surface area contributed by atoms with Crippen LogP contribution in [0.1, 0.15) is 42.1 Å². The Bertz CT molecular complexity index is 692. The van der Waals surface area contributed by atoms with Crippen LogP contribution in [-0.2, 0) is 0 Å². The van der Waals surface area contributed by atoms with Gasteiger partial charge in [-0.3, -0.25) is 0 Å². The van der Waals surface area contributed by atoms with Gasteiger partial charge >= 0.3 is 0 Å². The van der Waals surface area contributed by atoms with Crippen molar-refractivity contribution in [3.05, 3.63) is 64.7 Å². The Morgan fingerprint density at radius 1 is 0.957 bits per heavy atom. The molecule has 23 heavy (non-hydrogen) atoms. The predicted octanol–water partition coefficient (Wildman–Crippen LogP) is 5.30. The highest BCUT2D eigenvalue weighted by Gasteiger charge is 2.18. The molecule has 1 atom stereocenters. The molecule has 2 N–H and O–H groups in total. The van der Waals surface area contributed by atoms with Gasteiger partial charge in [0.2, 0.25) is 0 Å². The van der Waals surface area contributed by atoms with Gasteiger partial charge in [-0.15, -0.1) is 0 Å². The summed E-state index contributed by atoms with van der Waals surface area (Å²) in [6, 6.07) is 15.0. The van der Waals surface area contributed by atoms with Crippen LogP contribution >= 0.6 is 12.2 Å². The summed E-state index contributed by atoms with van der Waals surface area (Å²) in [7, 11) is 0. The summed E-state index contributed by atoms with van der Waals surface area (Å²) in [5, 5.41) is 7.48. The lowest BCUT2D eigenvalue weighted by Crippen LogP contribution is -2.35. The number of benzene rings is 2. The highest BCUT2D eigenvalue weighted by molar-refractivity contribution is 7.80. The van der Waals surface area contributed by atoms with Crippen LogP contribution in [0.4, 0.5) is 5.69 Å². The summed E-state index contributed by atoms with van der Waals surface area (Å²) in [5.41, 5.74) is 6.10. The van der Waals surface area contributed by atoms with E-state index in [0.29, 0.717) is 11.0 Å². The standard InChI is InChI=1S/C20H26N2S/c1-13(2)19(17-9-7-6-8-15(17)4)22-20(23)21-18-11-10-14(3)12-16(18)5/h6-13,19H,1-5H3,(H2,21,22,23). The molecule has 0 amide bonds. The number of hydrogen-bond acceptors (Lipinski definition) is 1. The molecular formula is C20H26N2S. The molecule has 0 fully saturated rings. The largest absolute Gasteiger partial charge is 0.355 e. The van der Waals surface area contributed by atoms with Gasteiger partial charge in [0.1, 0.15) is 0 Å². The first-order valence-electron chi connectivity index (χ1n) is 8.08. The molecule has 122 valence electrons. The van der Waals surface area contributed by atoms with Crippen LogP contribution in [0, 0.1) is 26.7 Å². The highest BCUT2D eigenvalue weighted by atomic mass is 32.1. The Morgan fingerprint density at radius 3 is 2.26 bits per heavy atom. The van der Waals surface area contributed by atoms with Gasteiger partial charge in [-0.1, -0.05) is 55.8 Å². The quantitative estimate of drug-likeness (QED) is 0.746. The van der Waals surface area contributed by atoms with E-state index in [9.17, 15) is 0 Å². The molecule has 0 radical (unpaired) electrons. The normalized spacial score (nSPS) is 12.1. The van der Waals surface area contributed by atoms with Crippen molar-refractivity contribution in [1.29, 1.82) is 0 Å². The number of nitrogens with one attached hydrogen (secondary N) is 2. The Kier molecular flexibility index (Phi) is 5.78. The average Bonchev–Trinajstić information content (AvgIpc) is 2.48. The van der Waals surface area contributed by atoms with E-state index in [0.717, 1.165) is 5.69 Å². The average molecular weight is 327 g/mol. The van der Waals surface area contributed by atoms with E-state index >= 15 is 0 Å². The zero-order chi connectivity index (χ0) is 17.0. The zero-order valence-corrected chi connectivity index (χ0v) is 15.4. The second-order valence-corrected chi connectivity index (χ2v) is 6.90. The minimum Gasteiger partial charge on any atom is -0.355 e. The van der Waals surface area contributed by atoms with Crippen molar-refractivity contribution in [2.75, 3.05) is 5.32 Å². The maximum Gasteiger partial charge on any atom is 0.171 e. The molecule has 2 rings (SSSR count). The maximum absolute atomic E-state index is 5.55. The third-order valence-corrected chi connectivity index (χ3v) is 4.33. The molecule has 0 aliphatic rings. The van der Waals surface area contributed by atoms with E-state index < -0.39 is 0 Å². The Balaban J connectivity index is 2.14. The molecule has 0 saturated carbocycles. The van der Waals surface area contributed by atoms with Crippen LogP contribution in [0.2, 0.25) is 0 Å². The van der Waals surface area contributed by atoms with Crippen molar-refractivity contribution in [3.8, 4) is 0 Å². The number of anilines is 1. The summed E-state index contributed by atoms with van der Waals surface area (Å²) >= 11 is 5.55. The number of rotatable bonds is 4. The molecule has 3 heteroatoms. The molecule has 2 aromatic rings. The van der Waals surface area contributed by atoms with Crippen LogP contribution in [0.5, 0.6) is 0 Å². The maximum atomic E-state index is 5.55. The van der Waals surface area contributed by atoms with E-state index in [-0.39, 0.29) is 6.04 Å². The first-order chi connectivity index (χ1) is 10.9. The van der Waals surface area contributed by atoms with Gasteiger partial charge in [0.25, 0.3) is 0 Å². The molecule has 0 spiro atoms. The van der Waals surface area contributed by atoms with Crippen molar-refractivity contribution in [3.63, 3.8) is 0 Å². The Hall–Kier alpha value is -1.87. The molecule has 0 saturated heterocycles. The first-order valence-corrected chi connectivity index (χ1v) is 8.49. The summed E-state index contributed by atoms with van der Waals surface area (Å²) in [6.45, 7) is 10.8. The lowest BCUT2D eigenvalue weighted by molar-refractivity contribution is 0.471. The summed E-state index contributed by atoms with van der Waals surface area (Å²) < 4.78 is 0. The van der Waals surface area contributed by atoms with E-state index in [1.54, 1.807) is 0 Å². The van der Waals surface area contributed by atoms with Crippen molar-refractivity contribution in [1.82, 2.24) is 5.32 Å². The lowest BCUT2D eigenvalue weighted by atomic mass is 9.93. The fourth-order valence-electron chi connectivity index (χ4n) is 2.79. The lowest BCUT2D eigenvalue weighted by Gasteiger charge is -2.26. The second-order valence-electron chi connectivity index (χ2n) is 6.50. The Morgan fingerprint density at radius 2 is 1.65 bits per heavy atom. The van der Waals surface area contributed by atoms with Gasteiger partial charge < -0.3 is 10.6 Å². The minimum absolute atomic E-state index is 0.196. The first kappa shape index (κ1) is 17.5. The molecule has 0 aliphatic heterocycles. The minimum atomic E-state index is 0.196. The molecule has 0 heterocycles. The molecule has 0 aliphatic carbocycles. The third-order valence-electron chi connectivity index (χ3n) is 4.11. The van der Waals surface area contributed by atoms with E-state index in [1.807, 2.05) is 0 Å². The fraction of sp³-hybridized carbons (Fsp3) is 0.350. The smallest absolute Gasteiger partial charge is 0.171 e. The molecular weight excluding hydrogens is 300 g/mol. The monoisotopic (exact) mass is 326 g/mol. The summed E-state index contributed by atoms with van der Waals surface area (Å²) in [5.74, 6) is 0.440. The van der Waals surface area contributed by atoms with Gasteiger partial charge in [0, 0.05) is 5.69 Å². The molecule has 2 aromatic carbocycles. The van der Waals surface area contributed by atoms with Crippen molar-refractivity contribution in [2.24, 2.45) is 5.92 Å². The number of hydrogen-bond donors (Lipinski definition) is 2. The van der Waals surface area contributed by atoms with Gasteiger partial charge in [0.15, 0.2) is 5.11 Å².